The number of amides is 9. The Kier molecular flexibility index (Phi) is 26.4. The number of allylic oxidation sites excluding steroid dienone is 2. The zero-order valence-electron chi connectivity index (χ0n) is 60.3. The molecule has 6 heterocycles. The highest BCUT2D eigenvalue weighted by atomic mass is 35.5. The molecular weight excluding hydrogens is 1400 g/mol. The first kappa shape index (κ1) is 80.1. The number of halogens is 3. The maximum Gasteiger partial charge on any atom is 0.410 e. The van der Waals surface area contributed by atoms with Gasteiger partial charge in [0.1, 0.15) is 76.0 Å². The lowest BCUT2D eigenvalue weighted by atomic mass is 10.0. The van der Waals surface area contributed by atoms with Crippen molar-refractivity contribution >= 4 is 72.3 Å². The number of aliphatic carboxylic acids is 1. The van der Waals surface area contributed by atoms with Gasteiger partial charge < -0.3 is 64.8 Å². The summed E-state index contributed by atoms with van der Waals surface area (Å²) in [5.41, 5.74) is 0.196. The predicted octanol–water partition coefficient (Wildman–Crippen LogP) is 9.63. The van der Waals surface area contributed by atoms with Crippen LogP contribution in [-0.2, 0) is 73.9 Å². The minimum atomic E-state index is -1.49. The van der Waals surface area contributed by atoms with Crippen molar-refractivity contribution in [2.75, 3.05) is 13.1 Å². The fourth-order valence-electron chi connectivity index (χ4n) is 13.9. The first-order valence-corrected chi connectivity index (χ1v) is 35.7. The maximum atomic E-state index is 14.4. The third kappa shape index (κ3) is 20.5. The van der Waals surface area contributed by atoms with E-state index < -0.39 is 130 Å². The first-order chi connectivity index (χ1) is 50.0. The highest BCUT2D eigenvalue weighted by Crippen LogP contribution is 2.47. The van der Waals surface area contributed by atoms with Gasteiger partial charge in [0.25, 0.3) is 5.91 Å². The van der Waals surface area contributed by atoms with Crippen molar-refractivity contribution in [3.8, 4) is 11.5 Å². The summed E-state index contributed by atoms with van der Waals surface area (Å²) < 4.78 is 51.2. The molecule has 2 aliphatic carbocycles. The lowest BCUT2D eigenvalue weighted by molar-refractivity contribution is -0.145. The summed E-state index contributed by atoms with van der Waals surface area (Å²) in [6.45, 7) is 10.3. The normalized spacial score (nSPS) is 26.2. The molecule has 2 saturated heterocycles. The van der Waals surface area contributed by atoms with Crippen LogP contribution in [0.25, 0.3) is 0 Å². The van der Waals surface area contributed by atoms with Gasteiger partial charge >= 0.3 is 30.3 Å². The van der Waals surface area contributed by atoms with E-state index in [1.807, 2.05) is 48.6 Å². The number of fused-ring (bicyclic) bond motifs is 6. The van der Waals surface area contributed by atoms with Crippen LogP contribution in [0.2, 0.25) is 0 Å². The van der Waals surface area contributed by atoms with Crippen LogP contribution in [-0.4, -0.2) is 156 Å². The molecule has 2 saturated carbocycles. The highest BCUT2D eigenvalue weighted by Gasteiger charge is 2.63. The molecule has 0 radical (unpaired) electrons. The third-order valence-corrected chi connectivity index (χ3v) is 19.4. The Morgan fingerprint density at radius 1 is 0.557 bits per heavy atom. The second-order valence-electron chi connectivity index (χ2n) is 29.6. The summed E-state index contributed by atoms with van der Waals surface area (Å²) in [6, 6.07) is 22.9. The Balaban J connectivity index is 0.000000221. The Morgan fingerprint density at radius 3 is 1.40 bits per heavy atom. The molecule has 6 aliphatic heterocycles. The predicted molar refractivity (Wildman–Crippen MR) is 382 cm³/mol. The third-order valence-electron chi connectivity index (χ3n) is 19.4. The van der Waals surface area contributed by atoms with Crippen molar-refractivity contribution in [1.29, 1.82) is 0 Å². The number of carbonyl (C=O) groups excluding carboxylic acids is 9. The zero-order valence-corrected chi connectivity index (χ0v) is 61.1. The minimum Gasteiger partial charge on any atom is -0.479 e. The lowest BCUT2D eigenvalue weighted by Crippen LogP contribution is -2.58. The number of carboxylic acid groups (broad SMARTS) is 1. The van der Waals surface area contributed by atoms with E-state index in [1.54, 1.807) is 102 Å². The number of ether oxygens (including phenoxy) is 4. The molecule has 4 aromatic carbocycles. The monoisotopic (exact) mass is 1490 g/mol. The van der Waals surface area contributed by atoms with Crippen LogP contribution >= 0.6 is 12.4 Å². The lowest BCUT2D eigenvalue weighted by Gasteiger charge is -2.30. The number of nitrogens with zero attached hydrogens (tertiary/aromatic N) is 4. The van der Waals surface area contributed by atoms with Crippen LogP contribution in [0, 0.1) is 23.5 Å². The molecule has 10 atom stereocenters. The molecule has 8 aliphatic rings. The van der Waals surface area contributed by atoms with Crippen molar-refractivity contribution in [2.45, 2.75) is 216 Å². The van der Waals surface area contributed by atoms with Gasteiger partial charge in [-0.05, 0) is 140 Å². The SMILES string of the molecule is CC(C)(C)OC(=O)N[C@H]1CCCCC/C=C\[C@@H]2C[C@@]2(C(=O)NOc2ccccc2)NC(=O)[C@@H]2C[C@@H](OC(=O)N3Cc4cccc(F)c4C3)CN2C1=O.CC(C)(C)OC(=O)N[C@H]1CCCCC/C=C\[C@@H]2C[C@@]2(C(=O)O)NC(=O)[C@@H]2C[C@@H](OC(=O)N3Cc4cccc(F)c4C3)CN2C1=O.Cl.NOc1ccccc1. The number of benzene rings is 4. The number of carboxylic acids is 1. The molecule has 0 aromatic heterocycles. The summed E-state index contributed by atoms with van der Waals surface area (Å²) in [4.78, 5) is 150. The van der Waals surface area contributed by atoms with E-state index in [-0.39, 0.29) is 89.2 Å². The number of nitrogens with one attached hydrogen (secondary N) is 5. The molecule has 4 aromatic rings. The Labute approximate surface area is 620 Å². The van der Waals surface area contributed by atoms with Crippen molar-refractivity contribution in [2.24, 2.45) is 17.7 Å². The summed E-state index contributed by atoms with van der Waals surface area (Å²) in [6.07, 6.45) is 9.67. The van der Waals surface area contributed by atoms with E-state index in [9.17, 15) is 61.8 Å². The standard InChI is InChI=1S/C38H46FN5O8.C32H41FN4O8.C6H7NO.ClH/c1-37(2,3)51-35(48)40-30-18-11-6-4-5-8-14-25-20-38(25,34(47)42-52-26-15-9-7-10-16-26)41-32(45)31-19-27(22-44(31)33(30)46)50-36(49)43-21-24-13-12-17-29(39)28(24)23-43;1-31(2,3)45-29(42)34-24-13-8-6-4-5-7-11-20-15-32(20,28(40)41)35-26(38)25-14-21(17-37(25)27(24)39)44-30(43)36-16-19-10-9-12-23(33)22(19)18-36;7-8-6-4-2-1-3-5-6;/h7-10,12-17,25,27,30-31H,4-6,11,18-23H2,1-3H3,(H,40,48)(H,41,45)(H,42,47);7,9-12,20-21,24-25H,4-6,8,13-18H2,1-3H3,(H,34,42)(H,35,38)(H,40,41);1-5H,7H2;1H/b14-8-;11-7-;;/t25-,27-,30+,31+,38-;20-,21-,24+,25+,32-;;/m11../s1. The van der Waals surface area contributed by atoms with Crippen molar-refractivity contribution < 1.29 is 90.5 Å². The molecule has 0 unspecified atom stereocenters. The summed E-state index contributed by atoms with van der Waals surface area (Å²) >= 11 is 0. The number of para-hydroxylation sites is 2. The molecule has 4 fully saturated rings. The zero-order chi connectivity index (χ0) is 75.4. The Hall–Kier alpha value is -10.0. The molecule has 0 bridgehead atoms. The number of rotatable bonds is 9. The van der Waals surface area contributed by atoms with Gasteiger partial charge in [0.05, 0.1) is 26.2 Å². The number of hydrogen-bond donors (Lipinski definition) is 7. The van der Waals surface area contributed by atoms with E-state index in [2.05, 4.69) is 31.6 Å². The van der Waals surface area contributed by atoms with Gasteiger partial charge in [0.2, 0.25) is 23.6 Å². The highest BCUT2D eigenvalue weighted by molar-refractivity contribution is 5.99. The van der Waals surface area contributed by atoms with Gasteiger partial charge in [-0.15, -0.1) is 12.4 Å². The second-order valence-corrected chi connectivity index (χ2v) is 29.6. The Bertz CT molecular complexity index is 3920. The van der Waals surface area contributed by atoms with E-state index in [1.165, 1.54) is 31.7 Å². The average Bonchev–Trinajstić information content (AvgIpc) is 1.59. The number of alkyl carbamates (subject to hydrolysis) is 2. The maximum absolute atomic E-state index is 14.4. The van der Waals surface area contributed by atoms with E-state index in [0.29, 0.717) is 59.4 Å². The average molecular weight is 1490 g/mol. The van der Waals surface area contributed by atoms with E-state index in [4.69, 9.17) is 29.7 Å². The van der Waals surface area contributed by atoms with Crippen LogP contribution in [0.1, 0.15) is 154 Å². The number of nitrogens with two attached hydrogens (primary N) is 1. The largest absolute Gasteiger partial charge is 0.479 e. The Morgan fingerprint density at radius 2 is 0.981 bits per heavy atom. The topological polar surface area (TPSA) is 345 Å². The van der Waals surface area contributed by atoms with Gasteiger partial charge in [-0.2, -0.15) is 11.4 Å². The second kappa shape index (κ2) is 34.9. The van der Waals surface area contributed by atoms with Gasteiger partial charge in [0, 0.05) is 48.9 Å². The molecule has 106 heavy (non-hydrogen) atoms. The molecular formula is C76H95ClF2N10O17. The molecule has 9 amide bonds. The summed E-state index contributed by atoms with van der Waals surface area (Å²) in [7, 11) is 0. The van der Waals surface area contributed by atoms with Crippen LogP contribution in [0.4, 0.5) is 28.0 Å². The quantitative estimate of drug-likeness (QED) is 0.0465. The molecule has 8 N–H and O–H groups in total. The number of carbonyl (C=O) groups is 10. The van der Waals surface area contributed by atoms with Crippen molar-refractivity contribution in [3.05, 3.63) is 155 Å². The van der Waals surface area contributed by atoms with Gasteiger partial charge in [0.15, 0.2) is 5.75 Å². The van der Waals surface area contributed by atoms with Crippen LogP contribution < -0.4 is 42.3 Å². The summed E-state index contributed by atoms with van der Waals surface area (Å²) in [5.74, 6) is 0.315. The van der Waals surface area contributed by atoms with Crippen LogP contribution in [0.5, 0.6) is 11.5 Å². The van der Waals surface area contributed by atoms with Crippen LogP contribution in [0.3, 0.4) is 0 Å². The molecule has 572 valence electrons. The molecule has 30 heteroatoms. The van der Waals surface area contributed by atoms with Gasteiger partial charge in [-0.1, -0.05) is 111 Å². The molecule has 12 rings (SSSR count). The van der Waals surface area contributed by atoms with Crippen LogP contribution in [0.15, 0.2) is 121 Å². The molecule has 0 spiro atoms. The summed E-state index contributed by atoms with van der Waals surface area (Å²) in [5, 5.41) is 21.0. The minimum absolute atomic E-state index is 0. The van der Waals surface area contributed by atoms with Gasteiger partial charge in [-0.3, -0.25) is 33.8 Å². The first-order valence-electron chi connectivity index (χ1n) is 35.7. The van der Waals surface area contributed by atoms with E-state index >= 15 is 0 Å². The fourth-order valence-corrected chi connectivity index (χ4v) is 13.9. The fraction of sp³-hybridized carbons (Fsp3) is 0.500. The van der Waals surface area contributed by atoms with Crippen molar-refractivity contribution in [3.63, 3.8) is 0 Å². The smallest absolute Gasteiger partial charge is 0.410 e. The van der Waals surface area contributed by atoms with Gasteiger partial charge in [-0.25, -0.2) is 32.8 Å². The number of hydroxylamine groups is 1. The van der Waals surface area contributed by atoms with E-state index in [0.717, 1.165) is 38.5 Å². The number of hydrogen-bond acceptors (Lipinski definition) is 17. The van der Waals surface area contributed by atoms with Crippen molar-refractivity contribution in [1.82, 2.24) is 46.3 Å². The molecule has 27 nitrogen and oxygen atoms in total.